The van der Waals surface area contributed by atoms with E-state index in [1.807, 2.05) is 7.11 Å². The monoisotopic (exact) mass is 244 g/mol. The molecule has 102 valence electrons. The molecular formula is C13H28N2O2. The van der Waals surface area contributed by atoms with E-state index in [0.29, 0.717) is 12.1 Å². The number of rotatable bonds is 8. The fourth-order valence-corrected chi connectivity index (χ4v) is 2.36. The van der Waals surface area contributed by atoms with Gasteiger partial charge in [-0.1, -0.05) is 0 Å². The summed E-state index contributed by atoms with van der Waals surface area (Å²) in [6, 6.07) is 0.643. The van der Waals surface area contributed by atoms with Gasteiger partial charge in [-0.25, -0.2) is 0 Å². The van der Waals surface area contributed by atoms with E-state index in [1.165, 1.54) is 19.3 Å². The molecule has 0 aromatic carbocycles. The van der Waals surface area contributed by atoms with Gasteiger partial charge < -0.3 is 19.7 Å². The van der Waals surface area contributed by atoms with Crippen LogP contribution in [0.15, 0.2) is 0 Å². The summed E-state index contributed by atoms with van der Waals surface area (Å²) in [4.78, 5) is 2.30. The van der Waals surface area contributed by atoms with Gasteiger partial charge in [-0.3, -0.25) is 0 Å². The van der Waals surface area contributed by atoms with Gasteiger partial charge in [0.1, 0.15) is 0 Å². The number of ether oxygens (including phenoxy) is 2. The normalized spacial score (nSPS) is 25.4. The van der Waals surface area contributed by atoms with Crippen LogP contribution in [-0.2, 0) is 9.47 Å². The average molecular weight is 244 g/mol. The van der Waals surface area contributed by atoms with Crippen LogP contribution in [0.3, 0.4) is 0 Å². The second kappa shape index (κ2) is 8.86. The lowest BCUT2D eigenvalue weighted by Crippen LogP contribution is -2.40. The fourth-order valence-electron chi connectivity index (χ4n) is 2.36. The Morgan fingerprint density at radius 1 is 1.24 bits per heavy atom. The quantitative estimate of drug-likeness (QED) is 0.693. The Balaban J connectivity index is 2.05. The van der Waals surface area contributed by atoms with Gasteiger partial charge in [-0.15, -0.1) is 0 Å². The lowest BCUT2D eigenvalue weighted by Gasteiger charge is -2.29. The van der Waals surface area contributed by atoms with Crippen LogP contribution in [-0.4, -0.2) is 64.6 Å². The summed E-state index contributed by atoms with van der Waals surface area (Å²) in [5, 5.41) is 3.63. The molecule has 0 bridgehead atoms. The van der Waals surface area contributed by atoms with Crippen LogP contribution >= 0.6 is 0 Å². The molecule has 1 saturated carbocycles. The number of nitrogens with one attached hydrogen (secondary N) is 1. The van der Waals surface area contributed by atoms with Gasteiger partial charge in [0.2, 0.25) is 0 Å². The van der Waals surface area contributed by atoms with Gasteiger partial charge in [0.15, 0.2) is 0 Å². The Morgan fingerprint density at radius 3 is 2.76 bits per heavy atom. The van der Waals surface area contributed by atoms with Crippen molar-refractivity contribution in [1.82, 2.24) is 10.2 Å². The molecule has 0 amide bonds. The summed E-state index contributed by atoms with van der Waals surface area (Å²) in [7, 11) is 5.71. The van der Waals surface area contributed by atoms with E-state index in [-0.39, 0.29) is 0 Å². The molecule has 2 atom stereocenters. The van der Waals surface area contributed by atoms with Crippen molar-refractivity contribution in [3.63, 3.8) is 0 Å². The van der Waals surface area contributed by atoms with Crippen molar-refractivity contribution in [3.05, 3.63) is 0 Å². The molecule has 1 N–H and O–H groups in total. The summed E-state index contributed by atoms with van der Waals surface area (Å²) in [5.41, 5.74) is 0. The van der Waals surface area contributed by atoms with Gasteiger partial charge in [0, 0.05) is 39.9 Å². The summed E-state index contributed by atoms with van der Waals surface area (Å²) in [6.45, 7) is 3.95. The van der Waals surface area contributed by atoms with Gasteiger partial charge in [-0.05, 0) is 32.7 Å². The highest BCUT2D eigenvalue weighted by Crippen LogP contribution is 2.20. The molecule has 0 aliphatic heterocycles. The maximum atomic E-state index is 5.43. The van der Waals surface area contributed by atoms with Crippen LogP contribution < -0.4 is 5.32 Å². The highest BCUT2D eigenvalue weighted by atomic mass is 16.5. The third-order valence-electron chi connectivity index (χ3n) is 3.56. The van der Waals surface area contributed by atoms with Crippen molar-refractivity contribution in [2.45, 2.75) is 37.8 Å². The minimum absolute atomic E-state index is 0.465. The van der Waals surface area contributed by atoms with Crippen LogP contribution in [0.1, 0.15) is 25.7 Å². The molecule has 1 fully saturated rings. The Hall–Kier alpha value is -0.160. The average Bonchev–Trinajstić information content (AvgIpc) is 2.36. The Labute approximate surface area is 106 Å². The summed E-state index contributed by atoms with van der Waals surface area (Å²) in [5.74, 6) is 0. The maximum Gasteiger partial charge on any atom is 0.0589 e. The van der Waals surface area contributed by atoms with E-state index in [9.17, 15) is 0 Å². The number of hydrogen-bond donors (Lipinski definition) is 1. The second-order valence-electron chi connectivity index (χ2n) is 4.97. The van der Waals surface area contributed by atoms with Crippen molar-refractivity contribution >= 4 is 0 Å². The predicted molar refractivity (Wildman–Crippen MR) is 70.4 cm³/mol. The molecule has 0 saturated heterocycles. The molecule has 17 heavy (non-hydrogen) atoms. The van der Waals surface area contributed by atoms with Crippen LogP contribution in [0.5, 0.6) is 0 Å². The van der Waals surface area contributed by atoms with Crippen LogP contribution in [0.4, 0.5) is 0 Å². The third-order valence-corrected chi connectivity index (χ3v) is 3.56. The van der Waals surface area contributed by atoms with E-state index in [2.05, 4.69) is 17.3 Å². The highest BCUT2D eigenvalue weighted by Gasteiger charge is 2.20. The molecular weight excluding hydrogens is 216 g/mol. The molecule has 1 aliphatic carbocycles. The fraction of sp³-hybridized carbons (Fsp3) is 1.00. The summed E-state index contributed by atoms with van der Waals surface area (Å²) < 4.78 is 10.5. The molecule has 0 heterocycles. The number of hydrogen-bond acceptors (Lipinski definition) is 4. The van der Waals surface area contributed by atoms with Crippen molar-refractivity contribution in [3.8, 4) is 0 Å². The Morgan fingerprint density at radius 2 is 2.06 bits per heavy atom. The molecule has 0 aromatic heterocycles. The van der Waals surface area contributed by atoms with Crippen LogP contribution in [0.25, 0.3) is 0 Å². The zero-order valence-corrected chi connectivity index (χ0v) is 11.6. The molecule has 4 heteroatoms. The standard InChI is InChI=1S/C13H28N2O2/c1-15(9-10-16-2)8-7-14-12-5-4-6-13(11-12)17-3/h12-14H,4-11H2,1-3H3. The minimum Gasteiger partial charge on any atom is -0.383 e. The molecule has 0 radical (unpaired) electrons. The third kappa shape index (κ3) is 6.36. The first kappa shape index (κ1) is 14.9. The first-order chi connectivity index (χ1) is 8.26. The topological polar surface area (TPSA) is 33.7 Å². The number of nitrogens with zero attached hydrogens (tertiary/aromatic N) is 1. The number of likely N-dealkylation sites (N-methyl/N-ethyl adjacent to an activating group) is 1. The van der Waals surface area contributed by atoms with Crippen molar-refractivity contribution in [2.24, 2.45) is 0 Å². The van der Waals surface area contributed by atoms with Gasteiger partial charge in [0.05, 0.1) is 12.7 Å². The van der Waals surface area contributed by atoms with E-state index in [4.69, 9.17) is 9.47 Å². The lowest BCUT2D eigenvalue weighted by molar-refractivity contribution is 0.0584. The summed E-state index contributed by atoms with van der Waals surface area (Å²) >= 11 is 0. The predicted octanol–water partition coefficient (Wildman–Crippen LogP) is 1.11. The Bertz CT molecular complexity index is 190. The molecule has 0 aromatic rings. The zero-order chi connectivity index (χ0) is 12.5. The summed E-state index contributed by atoms with van der Waals surface area (Å²) in [6.07, 6.45) is 5.44. The molecule has 0 spiro atoms. The molecule has 1 rings (SSSR count). The van der Waals surface area contributed by atoms with E-state index in [1.54, 1.807) is 7.11 Å². The van der Waals surface area contributed by atoms with E-state index in [0.717, 1.165) is 32.7 Å². The molecule has 4 nitrogen and oxygen atoms in total. The van der Waals surface area contributed by atoms with E-state index < -0.39 is 0 Å². The maximum absolute atomic E-state index is 5.43. The largest absolute Gasteiger partial charge is 0.383 e. The first-order valence-electron chi connectivity index (χ1n) is 6.70. The van der Waals surface area contributed by atoms with Crippen molar-refractivity contribution in [2.75, 3.05) is 47.5 Å². The van der Waals surface area contributed by atoms with Crippen molar-refractivity contribution < 1.29 is 9.47 Å². The van der Waals surface area contributed by atoms with Crippen LogP contribution in [0, 0.1) is 0 Å². The smallest absolute Gasteiger partial charge is 0.0589 e. The second-order valence-corrected chi connectivity index (χ2v) is 4.97. The Kier molecular flexibility index (Phi) is 7.77. The van der Waals surface area contributed by atoms with E-state index >= 15 is 0 Å². The van der Waals surface area contributed by atoms with Crippen molar-refractivity contribution in [1.29, 1.82) is 0 Å². The highest BCUT2D eigenvalue weighted by molar-refractivity contribution is 4.78. The lowest BCUT2D eigenvalue weighted by atomic mass is 9.93. The SMILES string of the molecule is COCCN(C)CCNC1CCCC(OC)C1. The first-order valence-corrected chi connectivity index (χ1v) is 6.70. The minimum atomic E-state index is 0.465. The molecule has 2 unspecified atom stereocenters. The number of methoxy groups -OCH3 is 2. The van der Waals surface area contributed by atoms with Gasteiger partial charge >= 0.3 is 0 Å². The molecule has 1 aliphatic rings. The van der Waals surface area contributed by atoms with Gasteiger partial charge in [0.25, 0.3) is 0 Å². The zero-order valence-electron chi connectivity index (χ0n) is 11.6. The van der Waals surface area contributed by atoms with Gasteiger partial charge in [-0.2, -0.15) is 0 Å². The van der Waals surface area contributed by atoms with Crippen LogP contribution in [0.2, 0.25) is 0 Å².